The summed E-state index contributed by atoms with van der Waals surface area (Å²) in [6.45, 7) is 6.03. The Morgan fingerprint density at radius 1 is 1.14 bits per heavy atom. The van der Waals surface area contributed by atoms with E-state index in [0.29, 0.717) is 5.70 Å². The molecule has 0 aromatic carbocycles. The molecule has 1 rings (SSSR count). The van der Waals surface area contributed by atoms with Crippen molar-refractivity contribution in [2.45, 2.75) is 64.7 Å². The van der Waals surface area contributed by atoms with Crippen molar-refractivity contribution >= 4 is 17.4 Å². The lowest BCUT2D eigenvalue weighted by Crippen LogP contribution is -2.14. The molecule has 1 aliphatic rings. The van der Waals surface area contributed by atoms with Crippen LogP contribution in [0.3, 0.4) is 0 Å². The first-order valence-electron chi connectivity index (χ1n) is 8.23. The molecular formula is C17H29N5. The summed E-state index contributed by atoms with van der Waals surface area (Å²) in [5.74, 6) is 0.213. The van der Waals surface area contributed by atoms with Crippen LogP contribution in [0.5, 0.6) is 0 Å². The molecule has 5 N–H and O–H groups in total. The molecule has 122 valence electrons. The Morgan fingerprint density at radius 2 is 1.73 bits per heavy atom. The summed E-state index contributed by atoms with van der Waals surface area (Å²) in [7, 11) is 0. The number of hydrogen-bond acceptors (Lipinski definition) is 4. The molecular weight excluding hydrogens is 274 g/mol. The van der Waals surface area contributed by atoms with Crippen molar-refractivity contribution in [3.63, 3.8) is 0 Å². The van der Waals surface area contributed by atoms with E-state index in [1.807, 2.05) is 0 Å². The highest BCUT2D eigenvalue weighted by Gasteiger charge is 2.19. The van der Waals surface area contributed by atoms with E-state index in [1.165, 1.54) is 44.9 Å². The summed E-state index contributed by atoms with van der Waals surface area (Å²) >= 11 is 0. The van der Waals surface area contributed by atoms with E-state index >= 15 is 0 Å². The normalized spacial score (nSPS) is 15.4. The lowest BCUT2D eigenvalue weighted by molar-refractivity contribution is 0.580. The van der Waals surface area contributed by atoms with Gasteiger partial charge in [0.2, 0.25) is 0 Å². The highest BCUT2D eigenvalue weighted by atomic mass is 15.0. The van der Waals surface area contributed by atoms with Gasteiger partial charge in [-0.1, -0.05) is 58.4 Å². The van der Waals surface area contributed by atoms with Crippen molar-refractivity contribution in [2.75, 3.05) is 0 Å². The summed E-state index contributed by atoms with van der Waals surface area (Å²) in [5, 5.41) is 7.53. The first kappa shape index (κ1) is 18.1. The zero-order valence-corrected chi connectivity index (χ0v) is 13.7. The minimum absolute atomic E-state index is 0.00765. The molecule has 5 nitrogen and oxygen atoms in total. The van der Waals surface area contributed by atoms with Crippen LogP contribution in [0, 0.1) is 5.41 Å². The van der Waals surface area contributed by atoms with E-state index in [0.717, 1.165) is 18.6 Å². The molecule has 22 heavy (non-hydrogen) atoms. The monoisotopic (exact) mass is 303 g/mol. The van der Waals surface area contributed by atoms with Gasteiger partial charge in [-0.2, -0.15) is 0 Å². The molecule has 0 spiro atoms. The molecule has 0 radical (unpaired) electrons. The minimum Gasteiger partial charge on any atom is -0.394 e. The number of allylic oxidation sites excluding steroid dienone is 1. The van der Waals surface area contributed by atoms with Crippen LogP contribution in [0.25, 0.3) is 0 Å². The summed E-state index contributed by atoms with van der Waals surface area (Å²) in [4.78, 5) is 8.24. The van der Waals surface area contributed by atoms with Crippen LogP contribution < -0.4 is 11.5 Å². The quantitative estimate of drug-likeness (QED) is 0.400. The van der Waals surface area contributed by atoms with Crippen molar-refractivity contribution in [3.05, 3.63) is 24.0 Å². The van der Waals surface area contributed by atoms with E-state index in [9.17, 15) is 0 Å². The molecule has 5 heteroatoms. The van der Waals surface area contributed by atoms with Gasteiger partial charge >= 0.3 is 0 Å². The number of hydrogen-bond donors (Lipinski definition) is 3. The number of rotatable bonds is 11. The average molecular weight is 303 g/mol. The Morgan fingerprint density at radius 3 is 2.23 bits per heavy atom. The van der Waals surface area contributed by atoms with E-state index in [-0.39, 0.29) is 17.4 Å². The van der Waals surface area contributed by atoms with Gasteiger partial charge in [-0.05, 0) is 18.9 Å². The lowest BCUT2D eigenvalue weighted by atomic mass is 10.1. The molecule has 0 aromatic heterocycles. The van der Waals surface area contributed by atoms with Crippen molar-refractivity contribution in [3.8, 4) is 0 Å². The van der Waals surface area contributed by atoms with E-state index in [2.05, 4.69) is 23.5 Å². The van der Waals surface area contributed by atoms with Crippen LogP contribution in [0.4, 0.5) is 0 Å². The van der Waals surface area contributed by atoms with Crippen LogP contribution in [-0.2, 0) is 0 Å². The standard InChI is InChI=1S/C17H29N5/c1-3-5-6-7-8-9-10-11-12-13(4-2)21-15-14(18)16(19)22-17(15)20/h4H,2-3,5-12H2,1H3,(H5,18,19,20,22). The Balaban J connectivity index is 2.34. The number of nitrogens with two attached hydrogens (primary N) is 2. The van der Waals surface area contributed by atoms with Gasteiger partial charge in [-0.3, -0.25) is 5.41 Å². The fraction of sp³-hybridized carbons (Fsp3) is 0.588. The molecule has 0 saturated carbocycles. The van der Waals surface area contributed by atoms with Crippen LogP contribution in [0.1, 0.15) is 64.7 Å². The highest BCUT2D eigenvalue weighted by Crippen LogP contribution is 2.14. The van der Waals surface area contributed by atoms with Gasteiger partial charge in [-0.25, -0.2) is 9.98 Å². The molecule has 0 saturated heterocycles. The molecule has 0 aliphatic carbocycles. The number of nitrogens with one attached hydrogen (secondary N) is 1. The summed E-state index contributed by atoms with van der Waals surface area (Å²) < 4.78 is 0. The van der Waals surface area contributed by atoms with E-state index in [4.69, 9.17) is 16.9 Å². The van der Waals surface area contributed by atoms with Gasteiger partial charge in [0.25, 0.3) is 0 Å². The molecule has 0 aromatic rings. The Bertz CT molecular complexity index is 485. The lowest BCUT2D eigenvalue weighted by Gasteiger charge is -2.04. The van der Waals surface area contributed by atoms with Crippen molar-refractivity contribution in [1.29, 1.82) is 5.41 Å². The number of nitrogens with zero attached hydrogens (tertiary/aromatic N) is 2. The molecule has 1 aliphatic heterocycles. The zero-order valence-electron chi connectivity index (χ0n) is 13.7. The SMILES string of the molecule is C=CC(CCCCCCCCCC)=NC1=C(N)C(=N)N=C1N. The molecule has 0 bridgehead atoms. The van der Waals surface area contributed by atoms with Crippen molar-refractivity contribution < 1.29 is 0 Å². The fourth-order valence-electron chi connectivity index (χ4n) is 2.39. The number of amidine groups is 2. The van der Waals surface area contributed by atoms with Gasteiger partial charge < -0.3 is 11.5 Å². The predicted molar refractivity (Wildman–Crippen MR) is 95.4 cm³/mol. The highest BCUT2D eigenvalue weighted by molar-refractivity contribution is 6.19. The maximum Gasteiger partial charge on any atom is 0.172 e. The second-order valence-corrected chi connectivity index (χ2v) is 5.64. The first-order valence-corrected chi connectivity index (χ1v) is 8.23. The topological polar surface area (TPSA) is 101 Å². The van der Waals surface area contributed by atoms with Crippen LogP contribution in [0.15, 0.2) is 34.0 Å². The first-order chi connectivity index (χ1) is 10.6. The zero-order chi connectivity index (χ0) is 16.4. The fourth-order valence-corrected chi connectivity index (χ4v) is 2.39. The number of aliphatic imine (C=N–C) groups is 2. The largest absolute Gasteiger partial charge is 0.394 e. The molecule has 0 atom stereocenters. The molecule has 0 unspecified atom stereocenters. The van der Waals surface area contributed by atoms with E-state index in [1.54, 1.807) is 6.08 Å². The van der Waals surface area contributed by atoms with Gasteiger partial charge in [-0.15, -0.1) is 0 Å². The third kappa shape index (κ3) is 5.84. The molecule has 1 heterocycles. The number of unbranched alkanes of at least 4 members (excludes halogenated alkanes) is 7. The summed E-state index contributed by atoms with van der Waals surface area (Å²) in [6, 6.07) is 0. The minimum atomic E-state index is -0.00765. The second-order valence-electron chi connectivity index (χ2n) is 5.64. The third-order valence-corrected chi connectivity index (χ3v) is 3.76. The van der Waals surface area contributed by atoms with Crippen LogP contribution in [0.2, 0.25) is 0 Å². The average Bonchev–Trinajstić information content (AvgIpc) is 2.74. The molecule has 0 amide bonds. The summed E-state index contributed by atoms with van der Waals surface area (Å²) in [5.41, 5.74) is 13.0. The van der Waals surface area contributed by atoms with Crippen LogP contribution in [-0.4, -0.2) is 17.4 Å². The van der Waals surface area contributed by atoms with Gasteiger partial charge in [0.05, 0.1) is 0 Å². The van der Waals surface area contributed by atoms with Crippen molar-refractivity contribution in [1.82, 2.24) is 0 Å². The smallest absolute Gasteiger partial charge is 0.172 e. The Hall–Kier alpha value is -1.91. The maximum atomic E-state index is 7.53. The van der Waals surface area contributed by atoms with Crippen molar-refractivity contribution in [2.24, 2.45) is 21.5 Å². The second kappa shape index (κ2) is 9.92. The third-order valence-electron chi connectivity index (χ3n) is 3.76. The predicted octanol–water partition coefficient (Wildman–Crippen LogP) is 3.66. The van der Waals surface area contributed by atoms with Gasteiger partial charge in [0.1, 0.15) is 11.4 Å². The maximum absolute atomic E-state index is 7.53. The Kier molecular flexibility index (Phi) is 8.18. The molecule has 0 fully saturated rings. The van der Waals surface area contributed by atoms with Gasteiger partial charge in [0, 0.05) is 5.71 Å². The Labute approximate surface area is 133 Å². The summed E-state index contributed by atoms with van der Waals surface area (Å²) in [6.07, 6.45) is 12.8. The van der Waals surface area contributed by atoms with Gasteiger partial charge in [0.15, 0.2) is 11.7 Å². The van der Waals surface area contributed by atoms with Crippen LogP contribution >= 0.6 is 0 Å². The van der Waals surface area contributed by atoms with E-state index < -0.39 is 0 Å².